The maximum atomic E-state index is 12.5. The van der Waals surface area contributed by atoms with Crippen molar-refractivity contribution in [3.05, 3.63) is 59.7 Å². The molecule has 7 heteroatoms. The van der Waals surface area contributed by atoms with Crippen molar-refractivity contribution >= 4 is 29.2 Å². The van der Waals surface area contributed by atoms with Gasteiger partial charge >= 0.3 is 6.03 Å². The lowest BCUT2D eigenvalue weighted by atomic mass is 10.1. The van der Waals surface area contributed by atoms with Crippen molar-refractivity contribution < 1.29 is 14.4 Å². The predicted molar refractivity (Wildman–Crippen MR) is 113 cm³/mol. The van der Waals surface area contributed by atoms with Crippen LogP contribution in [0.3, 0.4) is 0 Å². The molecule has 4 amide bonds. The van der Waals surface area contributed by atoms with Gasteiger partial charge < -0.3 is 20.9 Å². The van der Waals surface area contributed by atoms with Crippen molar-refractivity contribution in [3.63, 3.8) is 0 Å². The van der Waals surface area contributed by atoms with Crippen LogP contribution in [0.25, 0.3) is 0 Å². The molecule has 3 N–H and O–H groups in total. The Morgan fingerprint density at radius 2 is 1.79 bits per heavy atom. The molecule has 0 unspecified atom stereocenters. The Hall–Kier alpha value is -3.35. The maximum absolute atomic E-state index is 12.5. The van der Waals surface area contributed by atoms with Crippen molar-refractivity contribution in [3.8, 4) is 0 Å². The van der Waals surface area contributed by atoms with E-state index in [-0.39, 0.29) is 23.9 Å². The van der Waals surface area contributed by atoms with Crippen molar-refractivity contribution in [1.82, 2.24) is 10.2 Å². The summed E-state index contributed by atoms with van der Waals surface area (Å²) in [6.07, 6.45) is 1.51. The molecule has 0 saturated carbocycles. The molecule has 1 heterocycles. The summed E-state index contributed by atoms with van der Waals surface area (Å²) in [5.74, 6) is -0.0622. The van der Waals surface area contributed by atoms with Crippen molar-refractivity contribution in [2.45, 2.75) is 39.3 Å². The second-order valence-corrected chi connectivity index (χ2v) is 7.40. The average Bonchev–Trinajstić information content (AvgIpc) is 3.06. The fourth-order valence-electron chi connectivity index (χ4n) is 3.18. The first-order valence-corrected chi connectivity index (χ1v) is 9.76. The number of rotatable bonds is 6. The number of hydrogen-bond donors (Lipinski definition) is 3. The zero-order valence-corrected chi connectivity index (χ0v) is 16.7. The van der Waals surface area contributed by atoms with E-state index in [1.54, 1.807) is 24.3 Å². The van der Waals surface area contributed by atoms with Crippen LogP contribution in [0.2, 0.25) is 0 Å². The molecule has 3 rings (SSSR count). The smallest absolute Gasteiger partial charge is 0.319 e. The van der Waals surface area contributed by atoms with Gasteiger partial charge in [-0.1, -0.05) is 12.1 Å². The molecule has 152 valence electrons. The number of anilines is 2. The summed E-state index contributed by atoms with van der Waals surface area (Å²) in [6, 6.07) is 14.0. The van der Waals surface area contributed by atoms with Gasteiger partial charge in [-0.05, 0) is 62.2 Å². The van der Waals surface area contributed by atoms with Gasteiger partial charge in [0.2, 0.25) is 5.91 Å². The highest BCUT2D eigenvalue weighted by Crippen LogP contribution is 2.18. The van der Waals surface area contributed by atoms with E-state index in [1.807, 2.05) is 43.0 Å². The molecule has 29 heavy (non-hydrogen) atoms. The van der Waals surface area contributed by atoms with E-state index in [4.69, 9.17) is 0 Å². The average molecular weight is 394 g/mol. The maximum Gasteiger partial charge on any atom is 0.319 e. The predicted octanol–water partition coefficient (Wildman–Crippen LogP) is 3.59. The zero-order valence-electron chi connectivity index (χ0n) is 16.7. The molecule has 1 aliphatic rings. The monoisotopic (exact) mass is 394 g/mol. The van der Waals surface area contributed by atoms with Crippen LogP contribution in [0.15, 0.2) is 48.5 Å². The second-order valence-electron chi connectivity index (χ2n) is 7.40. The Balaban J connectivity index is 1.59. The van der Waals surface area contributed by atoms with Gasteiger partial charge in [0.15, 0.2) is 0 Å². The van der Waals surface area contributed by atoms with Gasteiger partial charge in [-0.25, -0.2) is 4.79 Å². The topological polar surface area (TPSA) is 90.5 Å². The summed E-state index contributed by atoms with van der Waals surface area (Å²) < 4.78 is 0. The number of likely N-dealkylation sites (tertiary alicyclic amines) is 1. The third-order valence-corrected chi connectivity index (χ3v) is 4.55. The van der Waals surface area contributed by atoms with Gasteiger partial charge in [0.25, 0.3) is 5.91 Å². The van der Waals surface area contributed by atoms with Gasteiger partial charge in [-0.2, -0.15) is 0 Å². The molecular weight excluding hydrogens is 368 g/mol. The molecule has 2 aromatic carbocycles. The van der Waals surface area contributed by atoms with E-state index in [0.717, 1.165) is 18.5 Å². The van der Waals surface area contributed by atoms with Gasteiger partial charge in [0.05, 0.1) is 0 Å². The molecule has 0 radical (unpaired) electrons. The molecule has 2 aromatic rings. The van der Waals surface area contributed by atoms with Crippen LogP contribution in [-0.2, 0) is 11.3 Å². The lowest BCUT2D eigenvalue weighted by Crippen LogP contribution is -2.34. The van der Waals surface area contributed by atoms with Crippen LogP contribution < -0.4 is 16.0 Å². The first-order valence-electron chi connectivity index (χ1n) is 9.76. The van der Waals surface area contributed by atoms with E-state index in [1.165, 1.54) is 0 Å². The quantitative estimate of drug-likeness (QED) is 0.699. The molecular formula is C22H26N4O3. The van der Waals surface area contributed by atoms with Crippen LogP contribution in [0.1, 0.15) is 42.6 Å². The molecule has 0 aromatic heterocycles. The van der Waals surface area contributed by atoms with Crippen LogP contribution in [0.5, 0.6) is 0 Å². The van der Waals surface area contributed by atoms with Gasteiger partial charge in [-0.15, -0.1) is 0 Å². The standard InChI is InChI=1S/C22H26N4O3/c1-15(2)23-22(29)25-18-10-8-17(9-11-18)21(28)24-19-6-3-5-16(13-19)14-26-12-4-7-20(26)27/h3,5-6,8-11,13,15H,4,7,12,14H2,1-2H3,(H,24,28)(H2,23,25,29). The number of benzene rings is 2. The second kappa shape index (κ2) is 9.23. The number of nitrogens with zero attached hydrogens (tertiary/aromatic N) is 1. The number of carbonyl (C=O) groups is 3. The van der Waals surface area contributed by atoms with Crippen LogP contribution in [0.4, 0.5) is 16.2 Å². The van der Waals surface area contributed by atoms with Crippen LogP contribution in [0, 0.1) is 0 Å². The fourth-order valence-corrected chi connectivity index (χ4v) is 3.18. The first-order chi connectivity index (χ1) is 13.9. The van der Waals surface area contributed by atoms with E-state index in [2.05, 4.69) is 16.0 Å². The highest BCUT2D eigenvalue weighted by molar-refractivity contribution is 6.04. The summed E-state index contributed by atoms with van der Waals surface area (Å²) in [4.78, 5) is 37.9. The largest absolute Gasteiger partial charge is 0.338 e. The Morgan fingerprint density at radius 1 is 1.03 bits per heavy atom. The third kappa shape index (κ3) is 5.81. The summed E-state index contributed by atoms with van der Waals surface area (Å²) in [5.41, 5.74) is 2.75. The Labute approximate surface area is 170 Å². The van der Waals surface area contributed by atoms with Crippen molar-refractivity contribution in [1.29, 1.82) is 0 Å². The summed E-state index contributed by atoms with van der Waals surface area (Å²) >= 11 is 0. The third-order valence-electron chi connectivity index (χ3n) is 4.55. The zero-order chi connectivity index (χ0) is 20.8. The number of carbonyl (C=O) groups excluding carboxylic acids is 3. The van der Waals surface area contributed by atoms with Crippen LogP contribution >= 0.6 is 0 Å². The SMILES string of the molecule is CC(C)NC(=O)Nc1ccc(C(=O)Nc2cccc(CN3CCCC3=O)c2)cc1. The van der Waals surface area contributed by atoms with Crippen molar-refractivity contribution in [2.24, 2.45) is 0 Å². The van der Waals surface area contributed by atoms with Gasteiger partial charge in [0, 0.05) is 42.5 Å². The summed E-state index contributed by atoms with van der Waals surface area (Å²) in [7, 11) is 0. The summed E-state index contributed by atoms with van der Waals surface area (Å²) in [6.45, 7) is 5.10. The molecule has 0 aliphatic carbocycles. The molecule has 1 saturated heterocycles. The molecule has 0 atom stereocenters. The Kier molecular flexibility index (Phi) is 6.49. The lowest BCUT2D eigenvalue weighted by molar-refractivity contribution is -0.128. The summed E-state index contributed by atoms with van der Waals surface area (Å²) in [5, 5.41) is 8.34. The molecule has 0 bridgehead atoms. The van der Waals surface area contributed by atoms with E-state index in [9.17, 15) is 14.4 Å². The van der Waals surface area contributed by atoms with Crippen molar-refractivity contribution in [2.75, 3.05) is 17.2 Å². The lowest BCUT2D eigenvalue weighted by Gasteiger charge is -2.16. The Morgan fingerprint density at radius 3 is 2.45 bits per heavy atom. The Bertz CT molecular complexity index is 893. The van der Waals surface area contributed by atoms with E-state index in [0.29, 0.717) is 29.9 Å². The number of nitrogens with one attached hydrogen (secondary N) is 3. The minimum absolute atomic E-state index is 0.0411. The minimum atomic E-state index is -0.287. The number of amides is 4. The molecule has 1 fully saturated rings. The molecule has 1 aliphatic heterocycles. The first kappa shape index (κ1) is 20.4. The fraction of sp³-hybridized carbons (Fsp3) is 0.318. The molecule has 0 spiro atoms. The van der Waals surface area contributed by atoms with E-state index < -0.39 is 0 Å². The number of urea groups is 1. The highest BCUT2D eigenvalue weighted by atomic mass is 16.2. The van der Waals surface area contributed by atoms with Gasteiger partial charge in [0.1, 0.15) is 0 Å². The van der Waals surface area contributed by atoms with E-state index >= 15 is 0 Å². The number of hydrogen-bond acceptors (Lipinski definition) is 3. The normalized spacial score (nSPS) is 13.5. The highest BCUT2D eigenvalue weighted by Gasteiger charge is 2.20. The molecule has 7 nitrogen and oxygen atoms in total. The van der Waals surface area contributed by atoms with Gasteiger partial charge in [-0.3, -0.25) is 9.59 Å². The van der Waals surface area contributed by atoms with Crippen LogP contribution in [-0.4, -0.2) is 35.3 Å². The minimum Gasteiger partial charge on any atom is -0.338 e.